The van der Waals surface area contributed by atoms with Crippen LogP contribution < -0.4 is 9.88 Å². The molecule has 2 aromatic heterocycles. The van der Waals surface area contributed by atoms with Crippen molar-refractivity contribution in [3.05, 3.63) is 107 Å². The molecule has 0 saturated carbocycles. The highest BCUT2D eigenvalue weighted by Crippen LogP contribution is 2.47. The summed E-state index contributed by atoms with van der Waals surface area (Å²) in [5.74, 6) is -0.417. The van der Waals surface area contributed by atoms with Crippen molar-refractivity contribution < 1.29 is 9.67 Å². The molecule has 4 rings (SSSR count). The largest absolute Gasteiger partial charge is 0.362 e. The number of nitrogens with zero attached hydrogens (tertiary/aromatic N) is 3. The van der Waals surface area contributed by atoms with E-state index in [-0.39, 0.29) is 0 Å². The van der Waals surface area contributed by atoms with Gasteiger partial charge in [0.25, 0.3) is 0 Å². The van der Waals surface area contributed by atoms with Crippen LogP contribution in [0.3, 0.4) is 0 Å². The SMILES string of the molecule is N#CC1=C(S)N[C@@](O)(c2ccccc2)[C@H]([n+]2ccccc2)[C@H]1c1ccncc1. The van der Waals surface area contributed by atoms with Crippen molar-refractivity contribution in [2.24, 2.45) is 0 Å². The molecule has 1 aromatic carbocycles. The van der Waals surface area contributed by atoms with Crippen molar-refractivity contribution >= 4 is 12.6 Å². The molecule has 0 aliphatic carbocycles. The van der Waals surface area contributed by atoms with Crippen LogP contribution in [0.15, 0.2) is 96.1 Å². The van der Waals surface area contributed by atoms with Gasteiger partial charge < -0.3 is 10.4 Å². The second-order valence-electron chi connectivity index (χ2n) is 6.66. The Hall–Kier alpha value is -3.14. The van der Waals surface area contributed by atoms with Crippen LogP contribution in [0.5, 0.6) is 0 Å². The first kappa shape index (κ1) is 18.2. The van der Waals surface area contributed by atoms with Gasteiger partial charge in [0.2, 0.25) is 11.8 Å². The van der Waals surface area contributed by atoms with Crippen molar-refractivity contribution in [3.8, 4) is 6.07 Å². The maximum absolute atomic E-state index is 11.9. The van der Waals surface area contributed by atoms with Crippen molar-refractivity contribution in [1.29, 1.82) is 5.26 Å². The number of nitriles is 1. The van der Waals surface area contributed by atoms with E-state index in [1.807, 2.05) is 77.6 Å². The monoisotopic (exact) mass is 387 g/mol. The fourth-order valence-corrected chi connectivity index (χ4v) is 4.19. The number of hydrogen-bond donors (Lipinski definition) is 3. The van der Waals surface area contributed by atoms with Crippen LogP contribution in [-0.2, 0) is 5.72 Å². The molecule has 3 aromatic rings. The summed E-state index contributed by atoms with van der Waals surface area (Å²) in [5, 5.41) is 25.3. The molecule has 0 saturated heterocycles. The Morgan fingerprint density at radius 2 is 1.68 bits per heavy atom. The number of rotatable bonds is 3. The number of hydrogen-bond acceptors (Lipinski definition) is 5. The molecule has 0 bridgehead atoms. The van der Waals surface area contributed by atoms with Gasteiger partial charge in [0, 0.05) is 30.1 Å². The van der Waals surface area contributed by atoms with Crippen LogP contribution in [0.4, 0.5) is 0 Å². The first-order valence-corrected chi connectivity index (χ1v) is 9.35. The first-order valence-electron chi connectivity index (χ1n) is 8.90. The van der Waals surface area contributed by atoms with Gasteiger partial charge in [-0.05, 0) is 17.7 Å². The molecule has 6 heteroatoms. The van der Waals surface area contributed by atoms with Crippen molar-refractivity contribution in [2.75, 3.05) is 0 Å². The van der Waals surface area contributed by atoms with E-state index in [0.29, 0.717) is 16.2 Å². The summed E-state index contributed by atoms with van der Waals surface area (Å²) in [4.78, 5) is 4.10. The van der Waals surface area contributed by atoms with Gasteiger partial charge in [0.1, 0.15) is 0 Å². The molecule has 1 aliphatic heterocycles. The molecule has 1 aliphatic rings. The van der Waals surface area contributed by atoms with Crippen molar-refractivity contribution in [3.63, 3.8) is 0 Å². The first-order chi connectivity index (χ1) is 13.6. The molecule has 2 N–H and O–H groups in total. The van der Waals surface area contributed by atoms with E-state index in [4.69, 9.17) is 0 Å². The quantitative estimate of drug-likeness (QED) is 0.477. The minimum Gasteiger partial charge on any atom is -0.362 e. The summed E-state index contributed by atoms with van der Waals surface area (Å²) < 4.78 is 1.93. The summed E-state index contributed by atoms with van der Waals surface area (Å²) in [5.41, 5.74) is 0.573. The van der Waals surface area contributed by atoms with E-state index < -0.39 is 17.7 Å². The van der Waals surface area contributed by atoms with E-state index in [9.17, 15) is 10.4 Å². The Balaban J connectivity index is 2.01. The maximum Gasteiger partial charge on any atom is 0.227 e. The van der Waals surface area contributed by atoms with E-state index in [0.717, 1.165) is 5.56 Å². The third kappa shape index (κ3) is 3.05. The zero-order chi connectivity index (χ0) is 19.6. The number of thiol groups is 1. The van der Waals surface area contributed by atoms with Crippen LogP contribution in [0.25, 0.3) is 0 Å². The average Bonchev–Trinajstić information content (AvgIpc) is 2.75. The van der Waals surface area contributed by atoms with Gasteiger partial charge in [0.05, 0.1) is 22.6 Å². The molecule has 0 amide bonds. The highest BCUT2D eigenvalue weighted by molar-refractivity contribution is 7.84. The van der Waals surface area contributed by atoms with Gasteiger partial charge in [-0.25, -0.2) is 0 Å². The topological polar surface area (TPSA) is 72.8 Å². The lowest BCUT2D eigenvalue weighted by atomic mass is 9.75. The van der Waals surface area contributed by atoms with Crippen LogP contribution in [0.1, 0.15) is 23.1 Å². The molecular weight excluding hydrogens is 368 g/mol. The smallest absolute Gasteiger partial charge is 0.227 e. The fourth-order valence-electron chi connectivity index (χ4n) is 3.83. The standard InChI is InChI=1S/C22H18N4OS/c23-15-18-19(16-9-11-24-12-10-16)20(26-13-5-2-6-14-26)22(27,25-21(18)28)17-7-3-1-4-8-17/h1-14,19-20,25,27H/p+1/t19-,20+,22+/m0/s1. The average molecular weight is 387 g/mol. The Kier molecular flexibility index (Phi) is 4.86. The number of pyridine rings is 2. The van der Waals surface area contributed by atoms with Crippen LogP contribution in [0.2, 0.25) is 0 Å². The maximum atomic E-state index is 11.9. The van der Waals surface area contributed by atoms with Gasteiger partial charge in [-0.1, -0.05) is 36.4 Å². The van der Waals surface area contributed by atoms with Crippen LogP contribution >= 0.6 is 12.6 Å². The van der Waals surface area contributed by atoms with Crippen LogP contribution in [-0.4, -0.2) is 10.1 Å². The predicted octanol–water partition coefficient (Wildman–Crippen LogP) is 2.81. The number of nitrogens with one attached hydrogen (secondary N) is 1. The third-order valence-electron chi connectivity index (χ3n) is 5.08. The van der Waals surface area contributed by atoms with E-state index >= 15 is 0 Å². The van der Waals surface area contributed by atoms with Gasteiger partial charge in [-0.15, -0.1) is 12.6 Å². The predicted molar refractivity (Wildman–Crippen MR) is 108 cm³/mol. The second kappa shape index (κ2) is 7.47. The normalized spacial score (nSPS) is 24.3. The van der Waals surface area contributed by atoms with Gasteiger partial charge in [-0.2, -0.15) is 9.83 Å². The zero-order valence-corrected chi connectivity index (χ0v) is 15.9. The minimum atomic E-state index is -1.47. The Labute approximate surface area is 169 Å². The van der Waals surface area contributed by atoms with E-state index in [2.05, 4.69) is 29.0 Å². The lowest BCUT2D eigenvalue weighted by Crippen LogP contribution is -2.62. The highest BCUT2D eigenvalue weighted by Gasteiger charge is 2.55. The summed E-state index contributed by atoms with van der Waals surface area (Å²) in [6.45, 7) is 0. The van der Waals surface area contributed by atoms with Gasteiger partial charge >= 0.3 is 0 Å². The van der Waals surface area contributed by atoms with Crippen molar-refractivity contribution in [1.82, 2.24) is 10.3 Å². The Morgan fingerprint density at radius 3 is 2.32 bits per heavy atom. The molecule has 5 nitrogen and oxygen atoms in total. The molecule has 3 atom stereocenters. The van der Waals surface area contributed by atoms with E-state index in [1.54, 1.807) is 12.4 Å². The molecule has 0 fully saturated rings. The second-order valence-corrected chi connectivity index (χ2v) is 7.10. The number of benzene rings is 1. The molecule has 0 unspecified atom stereocenters. The number of aliphatic hydroxyl groups is 1. The third-order valence-corrected chi connectivity index (χ3v) is 5.43. The van der Waals surface area contributed by atoms with E-state index in [1.165, 1.54) is 0 Å². The Bertz CT molecular complexity index is 1030. The molecule has 138 valence electrons. The summed E-state index contributed by atoms with van der Waals surface area (Å²) in [7, 11) is 0. The lowest BCUT2D eigenvalue weighted by Gasteiger charge is -2.42. The van der Waals surface area contributed by atoms with Gasteiger partial charge in [-0.3, -0.25) is 4.98 Å². The fraction of sp³-hybridized carbons (Fsp3) is 0.136. The minimum absolute atomic E-state index is 0.364. The number of aromatic nitrogens is 2. The highest BCUT2D eigenvalue weighted by atomic mass is 32.1. The van der Waals surface area contributed by atoms with Gasteiger partial charge in [0.15, 0.2) is 12.4 Å². The molecular formula is C22H19N4OS+. The zero-order valence-electron chi connectivity index (χ0n) is 15.0. The molecule has 3 heterocycles. The molecule has 0 spiro atoms. The summed E-state index contributed by atoms with van der Waals surface area (Å²) >= 11 is 4.52. The van der Waals surface area contributed by atoms with Crippen molar-refractivity contribution in [2.45, 2.75) is 17.7 Å². The van der Waals surface area contributed by atoms with Crippen LogP contribution in [0, 0.1) is 11.3 Å². The summed E-state index contributed by atoms with van der Waals surface area (Å²) in [6, 6.07) is 20.6. The summed E-state index contributed by atoms with van der Waals surface area (Å²) in [6.07, 6.45) is 7.18. The number of allylic oxidation sites excluding steroid dienone is 1. The molecule has 0 radical (unpaired) electrons. The molecule has 28 heavy (non-hydrogen) atoms. The Morgan fingerprint density at radius 1 is 1.04 bits per heavy atom. The lowest BCUT2D eigenvalue weighted by molar-refractivity contribution is -0.743.